The molecule has 0 radical (unpaired) electrons. The zero-order valence-electron chi connectivity index (χ0n) is 12.1. The fourth-order valence-corrected chi connectivity index (χ4v) is 4.18. The number of alkyl halides is 1. The summed E-state index contributed by atoms with van der Waals surface area (Å²) in [6, 6.07) is 3.85. The highest BCUT2D eigenvalue weighted by Crippen LogP contribution is 2.39. The van der Waals surface area contributed by atoms with Gasteiger partial charge in [-0.15, -0.1) is 11.6 Å². The van der Waals surface area contributed by atoms with E-state index in [1.807, 2.05) is 12.1 Å². The highest BCUT2D eigenvalue weighted by atomic mass is 35.5. The number of halogens is 2. The van der Waals surface area contributed by atoms with Crippen molar-refractivity contribution in [3.05, 3.63) is 28.3 Å². The summed E-state index contributed by atoms with van der Waals surface area (Å²) in [5.41, 5.74) is 2.83. The molecule has 2 aliphatic rings. The fourth-order valence-electron chi connectivity index (χ4n) is 3.52. The van der Waals surface area contributed by atoms with Gasteiger partial charge in [0.25, 0.3) is 0 Å². The summed E-state index contributed by atoms with van der Waals surface area (Å²) in [5.74, 6) is 0.864. The molecule has 1 aliphatic heterocycles. The van der Waals surface area contributed by atoms with E-state index in [0.29, 0.717) is 11.4 Å². The molecule has 114 valence electrons. The molecule has 0 spiro atoms. The summed E-state index contributed by atoms with van der Waals surface area (Å²) in [7, 11) is 0. The molecule has 1 aromatic rings. The third kappa shape index (κ3) is 3.54. The van der Waals surface area contributed by atoms with Crippen LogP contribution in [-0.2, 0) is 11.2 Å². The minimum Gasteiger partial charge on any atom is -0.325 e. The van der Waals surface area contributed by atoms with Gasteiger partial charge in [-0.05, 0) is 36.0 Å². The molecule has 1 fully saturated rings. The SMILES string of the molecule is O=C1Cc2cc(C(Cl)CCC3CCCCC3)c(Cl)cc2N1. The van der Waals surface area contributed by atoms with E-state index in [4.69, 9.17) is 23.2 Å². The van der Waals surface area contributed by atoms with Crippen molar-refractivity contribution in [3.63, 3.8) is 0 Å². The van der Waals surface area contributed by atoms with Gasteiger partial charge in [-0.3, -0.25) is 4.79 Å². The van der Waals surface area contributed by atoms with Crippen molar-refractivity contribution in [3.8, 4) is 0 Å². The van der Waals surface area contributed by atoms with Crippen LogP contribution >= 0.6 is 23.2 Å². The molecular weight excluding hydrogens is 305 g/mol. The number of fused-ring (bicyclic) bond motifs is 1. The lowest BCUT2D eigenvalue weighted by atomic mass is 9.85. The average molecular weight is 326 g/mol. The minimum absolute atomic E-state index is 0.0338. The summed E-state index contributed by atoms with van der Waals surface area (Å²) in [6.07, 6.45) is 9.39. The van der Waals surface area contributed by atoms with Crippen LogP contribution in [0, 0.1) is 5.92 Å². The van der Waals surface area contributed by atoms with Gasteiger partial charge < -0.3 is 5.32 Å². The Kier molecular flexibility index (Phi) is 4.75. The maximum atomic E-state index is 11.4. The zero-order chi connectivity index (χ0) is 14.8. The summed E-state index contributed by atoms with van der Waals surface area (Å²) >= 11 is 12.9. The maximum absolute atomic E-state index is 11.4. The van der Waals surface area contributed by atoms with Crippen molar-refractivity contribution in [2.24, 2.45) is 5.92 Å². The van der Waals surface area contributed by atoms with Crippen molar-refractivity contribution >= 4 is 34.8 Å². The molecule has 1 saturated carbocycles. The third-order valence-electron chi connectivity index (χ3n) is 4.74. The molecule has 21 heavy (non-hydrogen) atoms. The first kappa shape index (κ1) is 15.2. The van der Waals surface area contributed by atoms with Gasteiger partial charge in [0.05, 0.1) is 11.8 Å². The second-order valence-electron chi connectivity index (χ2n) is 6.30. The highest BCUT2D eigenvalue weighted by molar-refractivity contribution is 6.33. The van der Waals surface area contributed by atoms with Crippen LogP contribution in [0.15, 0.2) is 12.1 Å². The first-order valence-electron chi connectivity index (χ1n) is 7.89. The van der Waals surface area contributed by atoms with Crippen LogP contribution in [-0.4, -0.2) is 5.91 Å². The number of benzene rings is 1. The Balaban J connectivity index is 1.65. The first-order chi connectivity index (χ1) is 10.1. The number of rotatable bonds is 4. The van der Waals surface area contributed by atoms with Gasteiger partial charge in [0.2, 0.25) is 5.91 Å². The van der Waals surface area contributed by atoms with Gasteiger partial charge in [0.1, 0.15) is 0 Å². The summed E-state index contributed by atoms with van der Waals surface area (Å²) < 4.78 is 0. The number of amides is 1. The van der Waals surface area contributed by atoms with Crippen molar-refractivity contribution in [1.82, 2.24) is 0 Å². The van der Waals surface area contributed by atoms with Gasteiger partial charge in [0, 0.05) is 10.7 Å². The molecule has 0 aromatic heterocycles. The van der Waals surface area contributed by atoms with E-state index in [9.17, 15) is 4.79 Å². The van der Waals surface area contributed by atoms with Crippen molar-refractivity contribution in [2.45, 2.75) is 56.7 Å². The lowest BCUT2D eigenvalue weighted by Gasteiger charge is -2.23. The van der Waals surface area contributed by atoms with Crippen LogP contribution in [0.4, 0.5) is 5.69 Å². The lowest BCUT2D eigenvalue weighted by molar-refractivity contribution is -0.115. The predicted molar refractivity (Wildman–Crippen MR) is 88.2 cm³/mol. The first-order valence-corrected chi connectivity index (χ1v) is 8.71. The van der Waals surface area contributed by atoms with E-state index in [2.05, 4.69) is 5.32 Å². The molecular formula is C17H21Cl2NO. The third-order valence-corrected chi connectivity index (χ3v) is 5.52. The number of carbonyl (C=O) groups excluding carboxylic acids is 1. The summed E-state index contributed by atoms with van der Waals surface area (Å²) in [4.78, 5) is 11.4. The average Bonchev–Trinajstić information content (AvgIpc) is 2.84. The number of anilines is 1. The molecule has 4 heteroatoms. The molecule has 1 amide bonds. The van der Waals surface area contributed by atoms with Gasteiger partial charge in [-0.25, -0.2) is 0 Å². The zero-order valence-corrected chi connectivity index (χ0v) is 13.6. The molecule has 1 heterocycles. The largest absolute Gasteiger partial charge is 0.325 e. The smallest absolute Gasteiger partial charge is 0.228 e. The van der Waals surface area contributed by atoms with E-state index < -0.39 is 0 Å². The summed E-state index contributed by atoms with van der Waals surface area (Å²) in [5, 5.41) is 3.43. The Morgan fingerprint density at radius 1 is 1.24 bits per heavy atom. The second-order valence-corrected chi connectivity index (χ2v) is 7.24. The number of nitrogens with one attached hydrogen (secondary N) is 1. The number of hydrogen-bond acceptors (Lipinski definition) is 1. The molecule has 3 rings (SSSR count). The quantitative estimate of drug-likeness (QED) is 0.730. The fraction of sp³-hybridized carbons (Fsp3) is 0.588. The van der Waals surface area contributed by atoms with E-state index in [0.717, 1.165) is 29.2 Å². The number of carbonyl (C=O) groups is 1. The van der Waals surface area contributed by atoms with Crippen LogP contribution in [0.2, 0.25) is 5.02 Å². The monoisotopic (exact) mass is 325 g/mol. The van der Waals surface area contributed by atoms with Gasteiger partial charge in [-0.1, -0.05) is 49.8 Å². The Morgan fingerprint density at radius 2 is 2.00 bits per heavy atom. The van der Waals surface area contributed by atoms with Crippen LogP contribution in [0.3, 0.4) is 0 Å². The molecule has 1 atom stereocenters. The van der Waals surface area contributed by atoms with Gasteiger partial charge >= 0.3 is 0 Å². The standard InChI is InChI=1S/C17H21Cl2NO/c18-14(7-6-11-4-2-1-3-5-11)13-8-12-9-17(21)20-16(12)10-15(13)19/h8,10-11,14H,1-7,9H2,(H,20,21). The van der Waals surface area contributed by atoms with E-state index in [-0.39, 0.29) is 11.3 Å². The van der Waals surface area contributed by atoms with Crippen molar-refractivity contribution < 1.29 is 4.79 Å². The Bertz CT molecular complexity index is 538. The lowest BCUT2D eigenvalue weighted by Crippen LogP contribution is -2.07. The maximum Gasteiger partial charge on any atom is 0.228 e. The predicted octanol–water partition coefficient (Wildman–Crippen LogP) is 5.48. The molecule has 0 bridgehead atoms. The summed E-state index contributed by atoms with van der Waals surface area (Å²) in [6.45, 7) is 0. The van der Waals surface area contributed by atoms with E-state index >= 15 is 0 Å². The van der Waals surface area contributed by atoms with Gasteiger partial charge in [0.15, 0.2) is 0 Å². The van der Waals surface area contributed by atoms with E-state index in [1.54, 1.807) is 0 Å². The molecule has 1 unspecified atom stereocenters. The van der Waals surface area contributed by atoms with Crippen LogP contribution < -0.4 is 5.32 Å². The second kappa shape index (κ2) is 6.58. The Hall–Kier alpha value is -0.730. The van der Waals surface area contributed by atoms with E-state index in [1.165, 1.54) is 38.5 Å². The molecule has 1 aromatic carbocycles. The van der Waals surface area contributed by atoms with Gasteiger partial charge in [-0.2, -0.15) is 0 Å². The van der Waals surface area contributed by atoms with Crippen molar-refractivity contribution in [2.75, 3.05) is 5.32 Å². The Morgan fingerprint density at radius 3 is 2.76 bits per heavy atom. The molecule has 2 nitrogen and oxygen atoms in total. The van der Waals surface area contributed by atoms with Crippen LogP contribution in [0.5, 0.6) is 0 Å². The Labute approximate surface area is 136 Å². The topological polar surface area (TPSA) is 29.1 Å². The normalized spacial score (nSPS) is 20.2. The molecule has 1 N–H and O–H groups in total. The van der Waals surface area contributed by atoms with Crippen LogP contribution in [0.1, 0.15) is 61.4 Å². The minimum atomic E-state index is -0.0552. The highest BCUT2D eigenvalue weighted by Gasteiger charge is 2.23. The molecule has 1 aliphatic carbocycles. The number of hydrogen-bond donors (Lipinski definition) is 1. The molecule has 0 saturated heterocycles. The van der Waals surface area contributed by atoms with Crippen molar-refractivity contribution in [1.29, 1.82) is 0 Å². The van der Waals surface area contributed by atoms with Crippen LogP contribution in [0.25, 0.3) is 0 Å².